The highest BCUT2D eigenvalue weighted by Crippen LogP contribution is 2.37. The Morgan fingerprint density at radius 2 is 2.04 bits per heavy atom. The van der Waals surface area contributed by atoms with Crippen molar-refractivity contribution in [2.45, 2.75) is 36.3 Å². The zero-order chi connectivity index (χ0) is 19.4. The zero-order valence-corrected chi connectivity index (χ0v) is 16.2. The van der Waals surface area contributed by atoms with Crippen LogP contribution in [0.3, 0.4) is 0 Å². The number of benzene rings is 1. The van der Waals surface area contributed by atoms with Gasteiger partial charge in [0.2, 0.25) is 11.0 Å². The van der Waals surface area contributed by atoms with E-state index in [2.05, 4.69) is 15.5 Å². The molecule has 2 aromatic rings. The number of alkyl halides is 3. The van der Waals surface area contributed by atoms with Crippen LogP contribution in [-0.4, -0.2) is 45.5 Å². The highest BCUT2D eigenvalue weighted by Gasteiger charge is 2.40. The average Bonchev–Trinajstić information content (AvgIpc) is 3.38. The Morgan fingerprint density at radius 3 is 2.67 bits per heavy atom. The van der Waals surface area contributed by atoms with Crippen LogP contribution in [-0.2, 0) is 4.79 Å². The van der Waals surface area contributed by atoms with E-state index in [1.165, 1.54) is 11.3 Å². The van der Waals surface area contributed by atoms with Gasteiger partial charge in [-0.15, -0.1) is 10.2 Å². The number of carbonyl (C=O) groups excluding carboxylic acids is 1. The van der Waals surface area contributed by atoms with E-state index in [1.54, 1.807) is 6.92 Å². The first-order valence-corrected chi connectivity index (χ1v) is 10.3. The maximum atomic E-state index is 12.9. The number of para-hydroxylation sites is 1. The van der Waals surface area contributed by atoms with E-state index in [0.29, 0.717) is 9.47 Å². The molecule has 0 aliphatic heterocycles. The lowest BCUT2D eigenvalue weighted by Gasteiger charge is -2.30. The first-order chi connectivity index (χ1) is 12.8. The van der Waals surface area contributed by atoms with Gasteiger partial charge in [0.05, 0.1) is 5.75 Å². The van der Waals surface area contributed by atoms with E-state index in [9.17, 15) is 18.0 Å². The van der Waals surface area contributed by atoms with Crippen LogP contribution in [0.2, 0.25) is 0 Å². The number of anilines is 2. The predicted octanol–water partition coefficient (Wildman–Crippen LogP) is 4.56. The number of hydrogen-bond donors (Lipinski definition) is 1. The number of aromatic nitrogens is 2. The third-order valence-electron chi connectivity index (χ3n) is 4.22. The zero-order valence-electron chi connectivity index (χ0n) is 14.6. The molecule has 1 atom stereocenters. The molecule has 1 heterocycles. The summed E-state index contributed by atoms with van der Waals surface area (Å²) in [5.41, 5.74) is 0.857. The normalized spacial score (nSPS) is 15.4. The summed E-state index contributed by atoms with van der Waals surface area (Å²) >= 11 is 2.37. The Morgan fingerprint density at radius 1 is 1.33 bits per heavy atom. The van der Waals surface area contributed by atoms with Crippen LogP contribution in [0.5, 0.6) is 0 Å². The van der Waals surface area contributed by atoms with Crippen LogP contribution in [0.15, 0.2) is 34.7 Å². The maximum absolute atomic E-state index is 12.9. The van der Waals surface area contributed by atoms with Gasteiger partial charge in [0.15, 0.2) is 4.34 Å². The Balaban J connectivity index is 1.56. The Hall–Kier alpha value is -1.81. The molecular weight excluding hydrogens is 397 g/mol. The summed E-state index contributed by atoms with van der Waals surface area (Å²) in [4.78, 5) is 13.4. The number of rotatable bonds is 8. The fraction of sp³-hybridized carbons (Fsp3) is 0.471. The molecule has 1 amide bonds. The van der Waals surface area contributed by atoms with Gasteiger partial charge in [-0.05, 0) is 37.8 Å². The lowest BCUT2D eigenvalue weighted by Crippen LogP contribution is -2.46. The van der Waals surface area contributed by atoms with Gasteiger partial charge in [-0.3, -0.25) is 4.79 Å². The molecule has 0 saturated heterocycles. The maximum Gasteiger partial charge on any atom is 0.406 e. The number of thioether (sulfide) groups is 1. The number of nitrogens with zero attached hydrogens (tertiary/aromatic N) is 3. The number of carbonyl (C=O) groups is 1. The molecule has 3 rings (SSSR count). The Labute approximate surface area is 163 Å². The number of hydrogen-bond acceptors (Lipinski definition) is 6. The smallest absolute Gasteiger partial charge is 0.330 e. The van der Waals surface area contributed by atoms with Crippen LogP contribution in [0.25, 0.3) is 0 Å². The van der Waals surface area contributed by atoms with Crippen molar-refractivity contribution in [2.24, 2.45) is 5.92 Å². The van der Waals surface area contributed by atoms with E-state index >= 15 is 0 Å². The van der Waals surface area contributed by atoms with Gasteiger partial charge >= 0.3 is 6.18 Å². The van der Waals surface area contributed by atoms with Gasteiger partial charge in [0, 0.05) is 11.7 Å². The fourth-order valence-corrected chi connectivity index (χ4v) is 4.31. The van der Waals surface area contributed by atoms with E-state index in [4.69, 9.17) is 0 Å². The van der Waals surface area contributed by atoms with Crippen LogP contribution in [0.4, 0.5) is 24.0 Å². The molecule has 1 aromatic heterocycles. The molecular formula is C17H19F3N4OS2. The van der Waals surface area contributed by atoms with E-state index in [1.807, 2.05) is 30.3 Å². The van der Waals surface area contributed by atoms with Crippen molar-refractivity contribution in [2.75, 3.05) is 17.6 Å². The first kappa shape index (κ1) is 19.9. The SMILES string of the molecule is C[C@H](C1CC1)N(CC(F)(F)F)C(=O)CSc1nnc(Nc2ccccc2)s1. The Kier molecular flexibility index (Phi) is 6.25. The van der Waals surface area contributed by atoms with Crippen molar-refractivity contribution in [3.63, 3.8) is 0 Å². The van der Waals surface area contributed by atoms with Crippen molar-refractivity contribution < 1.29 is 18.0 Å². The molecule has 1 N–H and O–H groups in total. The monoisotopic (exact) mass is 416 g/mol. The minimum atomic E-state index is -4.40. The quantitative estimate of drug-likeness (QED) is 0.639. The summed E-state index contributed by atoms with van der Waals surface area (Å²) in [6.45, 7) is 0.486. The summed E-state index contributed by atoms with van der Waals surface area (Å²) in [6.07, 6.45) is -2.65. The topological polar surface area (TPSA) is 58.1 Å². The molecule has 1 fully saturated rings. The summed E-state index contributed by atoms with van der Waals surface area (Å²) in [5.74, 6) is -0.443. The van der Waals surface area contributed by atoms with Crippen LogP contribution < -0.4 is 5.32 Å². The molecule has 1 saturated carbocycles. The molecule has 27 heavy (non-hydrogen) atoms. The molecule has 0 radical (unpaired) electrons. The van der Waals surface area contributed by atoms with Gasteiger partial charge in [0.25, 0.3) is 0 Å². The molecule has 1 aliphatic carbocycles. The van der Waals surface area contributed by atoms with Gasteiger partial charge in [-0.25, -0.2) is 0 Å². The molecule has 0 bridgehead atoms. The molecule has 1 aliphatic rings. The largest absolute Gasteiger partial charge is 0.406 e. The number of amides is 1. The van der Waals surface area contributed by atoms with Crippen molar-refractivity contribution in [1.82, 2.24) is 15.1 Å². The second-order valence-corrected chi connectivity index (χ2v) is 8.57. The average molecular weight is 416 g/mol. The van der Waals surface area contributed by atoms with Gasteiger partial charge < -0.3 is 10.2 Å². The standard InChI is InChI=1S/C17H19F3N4OS2/c1-11(12-7-8-12)24(10-17(18,19)20)14(25)9-26-16-23-22-15(27-16)21-13-5-3-2-4-6-13/h2-6,11-12H,7-10H2,1H3,(H,21,22)/t11-/m1/s1. The molecule has 0 spiro atoms. The van der Waals surface area contributed by atoms with Crippen molar-refractivity contribution in [3.8, 4) is 0 Å². The summed E-state index contributed by atoms with van der Waals surface area (Å²) in [7, 11) is 0. The lowest BCUT2D eigenvalue weighted by molar-refractivity contribution is -0.164. The van der Waals surface area contributed by atoms with Gasteiger partial charge in [-0.2, -0.15) is 13.2 Å². The van der Waals surface area contributed by atoms with Crippen molar-refractivity contribution in [1.29, 1.82) is 0 Å². The molecule has 0 unspecified atom stereocenters. The second kappa shape index (κ2) is 8.47. The molecule has 146 valence electrons. The second-order valence-electron chi connectivity index (χ2n) is 6.37. The lowest BCUT2D eigenvalue weighted by atomic mass is 10.2. The molecule has 5 nitrogen and oxygen atoms in total. The van der Waals surface area contributed by atoms with Crippen LogP contribution >= 0.6 is 23.1 Å². The highest BCUT2D eigenvalue weighted by atomic mass is 32.2. The van der Waals surface area contributed by atoms with Gasteiger partial charge in [0.1, 0.15) is 6.54 Å². The third-order valence-corrected chi connectivity index (χ3v) is 6.17. The minimum Gasteiger partial charge on any atom is -0.330 e. The Bertz CT molecular complexity index is 765. The van der Waals surface area contributed by atoms with E-state index < -0.39 is 24.7 Å². The summed E-state index contributed by atoms with van der Waals surface area (Å²) in [6, 6.07) is 9.03. The van der Waals surface area contributed by atoms with Crippen LogP contribution in [0.1, 0.15) is 19.8 Å². The van der Waals surface area contributed by atoms with Crippen LogP contribution in [0, 0.1) is 5.92 Å². The number of halogens is 3. The van der Waals surface area contributed by atoms with Gasteiger partial charge in [-0.1, -0.05) is 41.3 Å². The summed E-state index contributed by atoms with van der Waals surface area (Å²) in [5, 5.41) is 11.6. The van der Waals surface area contributed by atoms with Crippen molar-refractivity contribution >= 4 is 39.8 Å². The molecule has 10 heteroatoms. The molecule has 1 aromatic carbocycles. The van der Waals surface area contributed by atoms with Crippen molar-refractivity contribution in [3.05, 3.63) is 30.3 Å². The first-order valence-electron chi connectivity index (χ1n) is 8.46. The fourth-order valence-electron chi connectivity index (χ4n) is 2.66. The highest BCUT2D eigenvalue weighted by molar-refractivity contribution is 8.01. The van der Waals surface area contributed by atoms with E-state index in [0.717, 1.165) is 35.2 Å². The predicted molar refractivity (Wildman–Crippen MR) is 100 cm³/mol. The number of nitrogens with one attached hydrogen (secondary N) is 1. The van der Waals surface area contributed by atoms with E-state index in [-0.39, 0.29) is 11.7 Å². The minimum absolute atomic E-state index is 0.0902. The summed E-state index contributed by atoms with van der Waals surface area (Å²) < 4.78 is 39.1. The third kappa shape index (κ3) is 6.10.